The van der Waals surface area contributed by atoms with Crippen molar-refractivity contribution in [1.82, 2.24) is 9.88 Å². The van der Waals surface area contributed by atoms with Crippen molar-refractivity contribution in [3.8, 4) is 21.1 Å². The molecule has 1 amide bonds. The van der Waals surface area contributed by atoms with Crippen LogP contribution >= 0.6 is 35.1 Å². The fraction of sp³-hybridized carbons (Fsp3) is 0.333. The summed E-state index contributed by atoms with van der Waals surface area (Å²) in [6.45, 7) is 3.54. The van der Waals surface area contributed by atoms with Gasteiger partial charge in [0.1, 0.15) is 5.01 Å². The summed E-state index contributed by atoms with van der Waals surface area (Å²) < 4.78 is 0. The molecule has 148 valence electrons. The van der Waals surface area contributed by atoms with E-state index in [9.17, 15) is 4.79 Å². The minimum absolute atomic E-state index is 0. The average Bonchev–Trinajstić information content (AvgIpc) is 3.41. The van der Waals surface area contributed by atoms with Crippen LogP contribution in [0.1, 0.15) is 18.2 Å². The number of aromatic nitrogens is 1. The lowest BCUT2D eigenvalue weighted by molar-refractivity contribution is -0.131. The Morgan fingerprint density at radius 1 is 1.25 bits per heavy atom. The van der Waals surface area contributed by atoms with E-state index in [2.05, 4.69) is 30.5 Å². The Kier molecular flexibility index (Phi) is 6.88. The zero-order chi connectivity index (χ0) is 18.8. The number of amides is 1. The number of thiophene rings is 1. The molecule has 0 radical (unpaired) electrons. The molecule has 28 heavy (non-hydrogen) atoms. The molecule has 0 bridgehead atoms. The maximum Gasteiger partial charge on any atom is 0.228 e. The van der Waals surface area contributed by atoms with Gasteiger partial charge in [0.2, 0.25) is 5.91 Å². The molecule has 1 fully saturated rings. The first-order chi connectivity index (χ1) is 13.2. The van der Waals surface area contributed by atoms with E-state index in [1.165, 1.54) is 0 Å². The number of carbonyl (C=O) groups excluding carboxylic acids is 1. The molecule has 2 unspecified atom stereocenters. The number of carbonyl (C=O) groups is 1. The largest absolute Gasteiger partial charge is 0.339 e. The number of halogens is 1. The Balaban J connectivity index is 0.00000225. The summed E-state index contributed by atoms with van der Waals surface area (Å²) in [5.74, 6) is 0.599. The van der Waals surface area contributed by atoms with E-state index >= 15 is 0 Å². The summed E-state index contributed by atoms with van der Waals surface area (Å²) in [6.07, 6.45) is 1.40. The van der Waals surface area contributed by atoms with Crippen LogP contribution in [0.3, 0.4) is 0 Å². The highest BCUT2D eigenvalue weighted by atomic mass is 35.5. The molecule has 0 aliphatic carbocycles. The highest BCUT2D eigenvalue weighted by Gasteiger charge is 2.32. The molecule has 1 aliphatic heterocycles. The smallest absolute Gasteiger partial charge is 0.228 e. The molecule has 3 heterocycles. The quantitative estimate of drug-likeness (QED) is 0.634. The summed E-state index contributed by atoms with van der Waals surface area (Å²) in [7, 11) is 0. The second kappa shape index (κ2) is 9.18. The van der Waals surface area contributed by atoms with E-state index in [1.54, 1.807) is 22.7 Å². The Bertz CT molecular complexity index is 911. The molecule has 7 heteroatoms. The number of nitrogens with zero attached hydrogens (tertiary/aromatic N) is 2. The monoisotopic (exact) mass is 433 g/mol. The van der Waals surface area contributed by atoms with Gasteiger partial charge in [-0.1, -0.05) is 36.4 Å². The van der Waals surface area contributed by atoms with Crippen LogP contribution in [0.2, 0.25) is 0 Å². The highest BCUT2D eigenvalue weighted by molar-refractivity contribution is 7.17. The third-order valence-corrected chi connectivity index (χ3v) is 7.08. The van der Waals surface area contributed by atoms with Crippen molar-refractivity contribution in [2.45, 2.75) is 25.8 Å². The zero-order valence-corrected chi connectivity index (χ0v) is 18.2. The first-order valence-electron chi connectivity index (χ1n) is 9.24. The zero-order valence-electron chi connectivity index (χ0n) is 15.7. The van der Waals surface area contributed by atoms with Crippen molar-refractivity contribution in [1.29, 1.82) is 0 Å². The number of likely N-dealkylation sites (tertiary alicyclic amines) is 1. The van der Waals surface area contributed by atoms with Gasteiger partial charge < -0.3 is 10.6 Å². The molecule has 0 spiro atoms. The van der Waals surface area contributed by atoms with Crippen LogP contribution in [-0.2, 0) is 11.2 Å². The van der Waals surface area contributed by atoms with Crippen LogP contribution in [0.25, 0.3) is 21.1 Å². The maximum absolute atomic E-state index is 13.0. The predicted molar refractivity (Wildman–Crippen MR) is 120 cm³/mol. The van der Waals surface area contributed by atoms with Gasteiger partial charge in [0.25, 0.3) is 0 Å². The number of thiazole rings is 1. The molecule has 1 aromatic carbocycles. The molecule has 1 saturated heterocycles. The van der Waals surface area contributed by atoms with E-state index in [1.807, 2.05) is 29.2 Å². The standard InChI is InChI=1S/C21H23N3OS2.ClH/c1-14-10-15(12-22)13-24(14)19(25)11-18-20(17-8-5-9-26-17)23-21(27-18)16-6-3-2-4-7-16;/h2-9,14-15H,10-13,22H2,1H3;1H. The number of hydrogen-bond acceptors (Lipinski definition) is 5. The normalized spacial score (nSPS) is 18.9. The van der Waals surface area contributed by atoms with Gasteiger partial charge in [-0.3, -0.25) is 4.79 Å². The maximum atomic E-state index is 13.0. The molecular weight excluding hydrogens is 410 g/mol. The van der Waals surface area contributed by atoms with Crippen LogP contribution in [0.15, 0.2) is 47.8 Å². The van der Waals surface area contributed by atoms with Gasteiger partial charge in [0.15, 0.2) is 0 Å². The highest BCUT2D eigenvalue weighted by Crippen LogP contribution is 2.36. The van der Waals surface area contributed by atoms with Crippen molar-refractivity contribution in [2.75, 3.05) is 13.1 Å². The summed E-state index contributed by atoms with van der Waals surface area (Å²) in [5, 5.41) is 3.02. The number of nitrogens with two attached hydrogens (primary N) is 1. The first kappa shape index (κ1) is 21.0. The molecule has 4 rings (SSSR count). The lowest BCUT2D eigenvalue weighted by atomic mass is 10.1. The average molecular weight is 434 g/mol. The van der Waals surface area contributed by atoms with Crippen LogP contribution in [0.4, 0.5) is 0 Å². The minimum atomic E-state index is 0. The Hall–Kier alpha value is -1.73. The summed E-state index contributed by atoms with van der Waals surface area (Å²) >= 11 is 3.29. The van der Waals surface area contributed by atoms with E-state index in [-0.39, 0.29) is 24.4 Å². The van der Waals surface area contributed by atoms with Crippen LogP contribution in [0, 0.1) is 5.92 Å². The van der Waals surface area contributed by atoms with Crippen molar-refractivity contribution < 1.29 is 4.79 Å². The van der Waals surface area contributed by atoms with Crippen LogP contribution in [-0.4, -0.2) is 34.9 Å². The van der Waals surface area contributed by atoms with E-state index in [0.29, 0.717) is 18.9 Å². The van der Waals surface area contributed by atoms with Crippen molar-refractivity contribution >= 4 is 41.0 Å². The number of rotatable bonds is 5. The summed E-state index contributed by atoms with van der Waals surface area (Å²) in [5.41, 5.74) is 7.87. The van der Waals surface area contributed by atoms with Crippen LogP contribution < -0.4 is 5.73 Å². The fourth-order valence-electron chi connectivity index (χ4n) is 3.68. The topological polar surface area (TPSA) is 59.2 Å². The molecule has 1 aliphatic rings. The van der Waals surface area contributed by atoms with E-state index in [4.69, 9.17) is 10.7 Å². The van der Waals surface area contributed by atoms with Gasteiger partial charge in [-0.15, -0.1) is 35.1 Å². The van der Waals surface area contributed by atoms with Gasteiger partial charge in [0.05, 0.1) is 17.0 Å². The van der Waals surface area contributed by atoms with Gasteiger partial charge in [-0.25, -0.2) is 4.98 Å². The van der Waals surface area contributed by atoms with Crippen molar-refractivity contribution in [2.24, 2.45) is 11.7 Å². The lowest BCUT2D eigenvalue weighted by Crippen LogP contribution is -2.35. The lowest BCUT2D eigenvalue weighted by Gasteiger charge is -2.21. The number of hydrogen-bond donors (Lipinski definition) is 1. The minimum Gasteiger partial charge on any atom is -0.339 e. The molecule has 2 aromatic heterocycles. The Morgan fingerprint density at radius 2 is 2.04 bits per heavy atom. The van der Waals surface area contributed by atoms with Crippen LogP contribution in [0.5, 0.6) is 0 Å². The second-order valence-electron chi connectivity index (χ2n) is 7.04. The Morgan fingerprint density at radius 3 is 2.68 bits per heavy atom. The van der Waals surface area contributed by atoms with E-state index in [0.717, 1.165) is 39.0 Å². The second-order valence-corrected chi connectivity index (χ2v) is 9.07. The molecule has 2 atom stereocenters. The van der Waals surface area contributed by atoms with Crippen molar-refractivity contribution in [3.63, 3.8) is 0 Å². The molecule has 3 aromatic rings. The fourth-order valence-corrected chi connectivity index (χ4v) is 5.56. The van der Waals surface area contributed by atoms with Gasteiger partial charge in [-0.2, -0.15) is 0 Å². The van der Waals surface area contributed by atoms with E-state index < -0.39 is 0 Å². The molecule has 4 nitrogen and oxygen atoms in total. The summed E-state index contributed by atoms with van der Waals surface area (Å²) in [4.78, 5) is 22.1. The molecular formula is C21H24ClN3OS2. The van der Waals surface area contributed by atoms with Crippen molar-refractivity contribution in [3.05, 3.63) is 52.7 Å². The van der Waals surface area contributed by atoms with Gasteiger partial charge in [0, 0.05) is 23.0 Å². The number of benzene rings is 1. The molecule has 0 saturated carbocycles. The SMILES string of the molecule is CC1CC(CN)CN1C(=O)Cc1sc(-c2ccccc2)nc1-c1cccs1.Cl. The Labute approximate surface area is 179 Å². The first-order valence-corrected chi connectivity index (χ1v) is 10.9. The van der Waals surface area contributed by atoms with Gasteiger partial charge in [-0.05, 0) is 37.3 Å². The third-order valence-electron chi connectivity index (χ3n) is 5.10. The molecule has 2 N–H and O–H groups in total. The third kappa shape index (κ3) is 4.30. The van der Waals surface area contributed by atoms with Gasteiger partial charge >= 0.3 is 0 Å². The predicted octanol–water partition coefficient (Wildman–Crippen LogP) is 4.70. The summed E-state index contributed by atoms with van der Waals surface area (Å²) in [6, 6.07) is 14.5.